The van der Waals surface area contributed by atoms with E-state index >= 15 is 0 Å². The number of nitrogens with zero attached hydrogens (tertiary/aromatic N) is 1. The first kappa shape index (κ1) is 14.9. The van der Waals surface area contributed by atoms with Gasteiger partial charge in [0.25, 0.3) is 17.7 Å². The maximum atomic E-state index is 11.9. The molecule has 0 saturated carbocycles. The maximum absolute atomic E-state index is 11.9. The number of imide groups is 1. The molecule has 0 fully saturated rings. The smallest absolute Gasteiger partial charge is 0.278 e. The van der Waals surface area contributed by atoms with E-state index in [2.05, 4.69) is 10.6 Å². The number of carbonyl (C=O) groups is 3. The van der Waals surface area contributed by atoms with Gasteiger partial charge in [0, 0.05) is 14.1 Å². The molecule has 3 amide bonds. The Kier molecular flexibility index (Phi) is 3.86. The number of likely N-dealkylation sites (N-methyl/N-ethyl adjacent to an activating group) is 1. The zero-order valence-electron chi connectivity index (χ0n) is 11.2. The number of benzene rings is 1. The number of rotatable bonds is 3. The van der Waals surface area contributed by atoms with Crippen molar-refractivity contribution in [2.24, 2.45) is 0 Å². The minimum atomic E-state index is -0.633. The summed E-state index contributed by atoms with van der Waals surface area (Å²) in [4.78, 5) is 35.9. The second kappa shape index (κ2) is 5.45. The number of carbonyl (C=O) groups excluding carboxylic acids is 3. The Hall–Kier alpha value is -2.54. The van der Waals surface area contributed by atoms with E-state index in [-0.39, 0.29) is 27.7 Å². The highest BCUT2D eigenvalue weighted by molar-refractivity contribution is 6.48. The van der Waals surface area contributed by atoms with Gasteiger partial charge >= 0.3 is 0 Å². The number of phenols is 1. The maximum Gasteiger partial charge on any atom is 0.278 e. The molecule has 1 aliphatic rings. The Morgan fingerprint density at radius 3 is 2.48 bits per heavy atom. The van der Waals surface area contributed by atoms with Gasteiger partial charge in [-0.1, -0.05) is 17.7 Å². The van der Waals surface area contributed by atoms with E-state index in [0.29, 0.717) is 0 Å². The Morgan fingerprint density at radius 2 is 1.95 bits per heavy atom. The predicted molar refractivity (Wildman–Crippen MR) is 75.8 cm³/mol. The van der Waals surface area contributed by atoms with Crippen LogP contribution in [0.15, 0.2) is 28.9 Å². The van der Waals surface area contributed by atoms with Crippen LogP contribution >= 0.6 is 11.6 Å². The third-order valence-electron chi connectivity index (χ3n) is 3.00. The largest absolute Gasteiger partial charge is 0.505 e. The van der Waals surface area contributed by atoms with Gasteiger partial charge in [0.05, 0.1) is 11.3 Å². The Balaban J connectivity index is 2.40. The average Bonchev–Trinajstić information content (AvgIpc) is 2.66. The van der Waals surface area contributed by atoms with Crippen LogP contribution in [0.4, 0.5) is 5.69 Å². The number of anilines is 1. The van der Waals surface area contributed by atoms with Crippen LogP contribution < -0.4 is 10.6 Å². The first-order chi connectivity index (χ1) is 9.88. The first-order valence-electron chi connectivity index (χ1n) is 5.91. The molecule has 7 nitrogen and oxygen atoms in total. The molecule has 21 heavy (non-hydrogen) atoms. The summed E-state index contributed by atoms with van der Waals surface area (Å²) in [6.45, 7) is 0. The van der Waals surface area contributed by atoms with Gasteiger partial charge < -0.3 is 15.7 Å². The molecule has 1 heterocycles. The van der Waals surface area contributed by atoms with Crippen LogP contribution in [0, 0.1) is 0 Å². The molecule has 2 rings (SSSR count). The molecule has 1 aliphatic heterocycles. The minimum Gasteiger partial charge on any atom is -0.505 e. The van der Waals surface area contributed by atoms with Gasteiger partial charge in [-0.2, -0.15) is 0 Å². The highest BCUT2D eigenvalue weighted by Crippen LogP contribution is 2.31. The summed E-state index contributed by atoms with van der Waals surface area (Å²) >= 11 is 5.79. The molecule has 1 aromatic rings. The number of hydrogen-bond acceptors (Lipinski definition) is 5. The van der Waals surface area contributed by atoms with Gasteiger partial charge in [-0.15, -0.1) is 0 Å². The van der Waals surface area contributed by atoms with E-state index in [1.54, 1.807) is 0 Å². The number of para-hydroxylation sites is 1. The van der Waals surface area contributed by atoms with Gasteiger partial charge in [0.1, 0.15) is 10.7 Å². The monoisotopic (exact) mass is 309 g/mol. The molecule has 3 N–H and O–H groups in total. The van der Waals surface area contributed by atoms with Crippen LogP contribution in [-0.4, -0.2) is 41.8 Å². The van der Waals surface area contributed by atoms with Crippen LogP contribution in [0.3, 0.4) is 0 Å². The van der Waals surface area contributed by atoms with E-state index in [4.69, 9.17) is 11.6 Å². The first-order valence-corrected chi connectivity index (χ1v) is 6.29. The molecule has 0 aromatic heterocycles. The molecule has 0 spiro atoms. The number of phenolic OH excluding ortho intramolecular Hbond substituents is 1. The van der Waals surface area contributed by atoms with Crippen molar-refractivity contribution in [1.29, 1.82) is 0 Å². The van der Waals surface area contributed by atoms with Crippen LogP contribution in [0.25, 0.3) is 0 Å². The molecule has 8 heteroatoms. The molecule has 1 aromatic carbocycles. The lowest BCUT2D eigenvalue weighted by Gasteiger charge is -2.12. The summed E-state index contributed by atoms with van der Waals surface area (Å²) in [6, 6.07) is 4.39. The Labute approximate surface area is 125 Å². The molecule has 0 bridgehead atoms. The fraction of sp³-hybridized carbons (Fsp3) is 0.154. The third-order valence-corrected chi connectivity index (χ3v) is 3.35. The molecule has 0 unspecified atom stereocenters. The lowest BCUT2D eigenvalue weighted by molar-refractivity contribution is -0.135. The SMILES string of the molecule is CNC(=O)c1cccc(NC2=C(Cl)C(=O)N(C)C2=O)c1O. The van der Waals surface area contributed by atoms with Crippen molar-refractivity contribution in [3.8, 4) is 5.75 Å². The molecule has 0 saturated heterocycles. The molecular weight excluding hydrogens is 298 g/mol. The highest BCUT2D eigenvalue weighted by Gasteiger charge is 2.35. The van der Waals surface area contributed by atoms with Crippen molar-refractivity contribution in [1.82, 2.24) is 10.2 Å². The summed E-state index contributed by atoms with van der Waals surface area (Å²) in [5, 5.41) is 14.8. The average molecular weight is 310 g/mol. The van der Waals surface area contributed by atoms with Gasteiger partial charge in [-0.25, -0.2) is 0 Å². The topological polar surface area (TPSA) is 98.7 Å². The van der Waals surface area contributed by atoms with Crippen molar-refractivity contribution < 1.29 is 19.5 Å². The van der Waals surface area contributed by atoms with Gasteiger partial charge in [-0.05, 0) is 12.1 Å². The number of amides is 3. The Morgan fingerprint density at radius 1 is 1.29 bits per heavy atom. The number of halogens is 1. The fourth-order valence-electron chi connectivity index (χ4n) is 1.81. The Bertz CT molecular complexity index is 684. The van der Waals surface area contributed by atoms with Gasteiger partial charge in [0.2, 0.25) is 0 Å². The third kappa shape index (κ3) is 2.43. The summed E-state index contributed by atoms with van der Waals surface area (Å²) in [5.41, 5.74) is -0.0152. The number of hydrogen-bond donors (Lipinski definition) is 3. The number of aromatic hydroxyl groups is 1. The van der Waals surface area contributed by atoms with Crippen molar-refractivity contribution in [2.45, 2.75) is 0 Å². The molecule has 110 valence electrons. The van der Waals surface area contributed by atoms with Crippen LogP contribution in [0.2, 0.25) is 0 Å². The normalized spacial score (nSPS) is 14.7. The van der Waals surface area contributed by atoms with Crippen LogP contribution in [-0.2, 0) is 9.59 Å². The second-order valence-corrected chi connectivity index (χ2v) is 4.64. The van der Waals surface area contributed by atoms with E-state index in [9.17, 15) is 19.5 Å². The molecule has 0 radical (unpaired) electrons. The van der Waals surface area contributed by atoms with Crippen molar-refractivity contribution >= 4 is 35.0 Å². The van der Waals surface area contributed by atoms with E-state index in [1.165, 1.54) is 32.3 Å². The zero-order chi connectivity index (χ0) is 15.7. The highest BCUT2D eigenvalue weighted by atomic mass is 35.5. The fourth-order valence-corrected chi connectivity index (χ4v) is 2.07. The molecule has 0 aliphatic carbocycles. The van der Waals surface area contributed by atoms with Gasteiger partial charge in [-0.3, -0.25) is 19.3 Å². The predicted octanol–water partition coefficient (Wildman–Crippen LogP) is 0.613. The standard InChI is InChI=1S/C13H12ClN3O4/c1-15-11(19)6-4-3-5-7(10(6)18)16-9-8(14)12(20)17(2)13(9)21/h3-5,16,18H,1-2H3,(H,15,19). The lowest BCUT2D eigenvalue weighted by atomic mass is 10.1. The van der Waals surface area contributed by atoms with E-state index < -0.39 is 17.7 Å². The lowest BCUT2D eigenvalue weighted by Crippen LogP contribution is -2.27. The second-order valence-electron chi connectivity index (χ2n) is 4.26. The summed E-state index contributed by atoms with van der Waals surface area (Å²) < 4.78 is 0. The van der Waals surface area contributed by atoms with E-state index in [1.807, 2.05) is 0 Å². The van der Waals surface area contributed by atoms with Crippen LogP contribution in [0.1, 0.15) is 10.4 Å². The van der Waals surface area contributed by atoms with Crippen molar-refractivity contribution in [2.75, 3.05) is 19.4 Å². The summed E-state index contributed by atoms with van der Waals surface area (Å²) in [5.74, 6) is -2.08. The molecular formula is C13H12ClN3O4. The van der Waals surface area contributed by atoms with Gasteiger partial charge in [0.15, 0.2) is 5.75 Å². The summed E-state index contributed by atoms with van der Waals surface area (Å²) in [7, 11) is 2.72. The summed E-state index contributed by atoms with van der Waals surface area (Å²) in [6.07, 6.45) is 0. The number of nitrogens with one attached hydrogen (secondary N) is 2. The van der Waals surface area contributed by atoms with Crippen LogP contribution in [0.5, 0.6) is 5.75 Å². The molecule has 0 atom stereocenters. The van der Waals surface area contributed by atoms with Crippen molar-refractivity contribution in [3.05, 3.63) is 34.5 Å². The minimum absolute atomic E-state index is 0.0318. The van der Waals surface area contributed by atoms with Crippen molar-refractivity contribution in [3.63, 3.8) is 0 Å². The quantitative estimate of drug-likeness (QED) is 0.561. The zero-order valence-corrected chi connectivity index (χ0v) is 12.0. The van der Waals surface area contributed by atoms with E-state index in [0.717, 1.165) is 4.90 Å².